The minimum atomic E-state index is -0.341. The normalized spacial score (nSPS) is 10.6. The Morgan fingerprint density at radius 1 is 1.28 bits per heavy atom. The zero-order valence-electron chi connectivity index (χ0n) is 9.76. The molecule has 0 bridgehead atoms. The molecule has 0 saturated carbocycles. The van der Waals surface area contributed by atoms with Crippen molar-refractivity contribution in [1.29, 1.82) is 0 Å². The van der Waals surface area contributed by atoms with Crippen molar-refractivity contribution in [3.05, 3.63) is 61.3 Å². The van der Waals surface area contributed by atoms with Gasteiger partial charge in [-0.25, -0.2) is 4.79 Å². The van der Waals surface area contributed by atoms with E-state index in [-0.39, 0.29) is 17.8 Å². The van der Waals surface area contributed by atoms with Crippen LogP contribution in [0.4, 0.5) is 5.69 Å². The van der Waals surface area contributed by atoms with E-state index >= 15 is 0 Å². The van der Waals surface area contributed by atoms with Crippen LogP contribution in [-0.2, 0) is 13.6 Å². The van der Waals surface area contributed by atoms with Crippen LogP contribution in [0.15, 0.2) is 44.5 Å². The van der Waals surface area contributed by atoms with Gasteiger partial charge in [-0.3, -0.25) is 9.36 Å². The van der Waals surface area contributed by atoms with E-state index in [1.807, 2.05) is 0 Å². The number of halogens is 1. The van der Waals surface area contributed by atoms with Gasteiger partial charge in [-0.15, -0.1) is 0 Å². The molecule has 0 amide bonds. The van der Waals surface area contributed by atoms with Crippen LogP contribution in [0.1, 0.15) is 5.56 Å². The third-order valence-electron chi connectivity index (χ3n) is 2.64. The van der Waals surface area contributed by atoms with Gasteiger partial charge in [-0.1, -0.05) is 22.0 Å². The molecule has 1 aromatic carbocycles. The predicted molar refractivity (Wildman–Crippen MR) is 73.6 cm³/mol. The van der Waals surface area contributed by atoms with Crippen molar-refractivity contribution in [3.63, 3.8) is 0 Å². The summed E-state index contributed by atoms with van der Waals surface area (Å²) in [5.41, 5.74) is 6.43. The van der Waals surface area contributed by atoms with Gasteiger partial charge in [0.15, 0.2) is 0 Å². The molecule has 0 saturated heterocycles. The minimum Gasteiger partial charge on any atom is -0.399 e. The first-order chi connectivity index (χ1) is 8.49. The first-order valence-electron chi connectivity index (χ1n) is 5.29. The zero-order valence-corrected chi connectivity index (χ0v) is 11.3. The number of benzene rings is 1. The molecule has 6 heteroatoms. The Labute approximate surface area is 112 Å². The van der Waals surface area contributed by atoms with Crippen molar-refractivity contribution in [2.24, 2.45) is 7.05 Å². The highest BCUT2D eigenvalue weighted by Crippen LogP contribution is 2.19. The second-order valence-electron chi connectivity index (χ2n) is 3.98. The number of nitrogens with zero attached hydrogens (tertiary/aromatic N) is 2. The van der Waals surface area contributed by atoms with Crippen LogP contribution in [0.2, 0.25) is 0 Å². The number of rotatable bonds is 2. The van der Waals surface area contributed by atoms with Gasteiger partial charge in [0, 0.05) is 29.5 Å². The molecule has 1 aromatic heterocycles. The fourth-order valence-corrected chi connectivity index (χ4v) is 2.14. The molecular formula is C12H12BrN3O2. The summed E-state index contributed by atoms with van der Waals surface area (Å²) in [6.07, 6.45) is 1.46. The average Bonchev–Trinajstić information content (AvgIpc) is 2.32. The highest BCUT2D eigenvalue weighted by Gasteiger charge is 2.06. The first-order valence-corrected chi connectivity index (χ1v) is 6.08. The number of nitrogen functional groups attached to an aromatic ring is 1. The lowest BCUT2D eigenvalue weighted by molar-refractivity contribution is 0.638. The van der Waals surface area contributed by atoms with Crippen LogP contribution in [0.3, 0.4) is 0 Å². The van der Waals surface area contributed by atoms with Gasteiger partial charge >= 0.3 is 5.69 Å². The number of hydrogen-bond donors (Lipinski definition) is 1. The molecule has 2 N–H and O–H groups in total. The Balaban J connectivity index is 2.50. The highest BCUT2D eigenvalue weighted by atomic mass is 79.9. The predicted octanol–water partition coefficient (Wildman–Crippen LogP) is 0.940. The Morgan fingerprint density at radius 2 is 2.00 bits per heavy atom. The fourth-order valence-electron chi connectivity index (χ4n) is 1.62. The van der Waals surface area contributed by atoms with Gasteiger partial charge in [-0.05, 0) is 17.7 Å². The number of aromatic nitrogens is 2. The van der Waals surface area contributed by atoms with Crippen LogP contribution in [0.25, 0.3) is 0 Å². The molecule has 0 radical (unpaired) electrons. The summed E-state index contributed by atoms with van der Waals surface area (Å²) in [6, 6.07) is 6.64. The molecule has 1 heterocycles. The number of nitrogens with two attached hydrogens (primary N) is 1. The van der Waals surface area contributed by atoms with Crippen molar-refractivity contribution in [1.82, 2.24) is 9.13 Å². The van der Waals surface area contributed by atoms with Crippen LogP contribution < -0.4 is 17.0 Å². The summed E-state index contributed by atoms with van der Waals surface area (Å²) >= 11 is 3.37. The second-order valence-corrected chi connectivity index (χ2v) is 4.84. The number of hydrogen-bond acceptors (Lipinski definition) is 3. The molecule has 0 spiro atoms. The summed E-state index contributed by atoms with van der Waals surface area (Å²) in [5.74, 6) is 0. The maximum atomic E-state index is 11.9. The van der Waals surface area contributed by atoms with E-state index in [4.69, 9.17) is 5.73 Å². The van der Waals surface area contributed by atoms with Crippen LogP contribution in [-0.4, -0.2) is 9.13 Å². The third kappa shape index (κ3) is 2.38. The quantitative estimate of drug-likeness (QED) is 0.839. The maximum Gasteiger partial charge on any atom is 0.331 e. The molecule has 2 rings (SSSR count). The molecule has 5 nitrogen and oxygen atoms in total. The summed E-state index contributed by atoms with van der Waals surface area (Å²) in [5, 5.41) is 0. The zero-order chi connectivity index (χ0) is 13.3. The molecule has 0 aliphatic carbocycles. The second kappa shape index (κ2) is 4.81. The van der Waals surface area contributed by atoms with Crippen LogP contribution in [0.5, 0.6) is 0 Å². The fraction of sp³-hybridized carbons (Fsp3) is 0.167. The van der Waals surface area contributed by atoms with Gasteiger partial charge in [0.05, 0.1) is 6.54 Å². The molecule has 0 atom stereocenters. The van der Waals surface area contributed by atoms with E-state index in [1.165, 1.54) is 21.4 Å². The van der Waals surface area contributed by atoms with Crippen molar-refractivity contribution in [2.45, 2.75) is 6.54 Å². The lowest BCUT2D eigenvalue weighted by Gasteiger charge is -2.08. The van der Waals surface area contributed by atoms with Crippen molar-refractivity contribution >= 4 is 21.6 Å². The maximum absolute atomic E-state index is 11.9. The smallest absolute Gasteiger partial charge is 0.331 e. The third-order valence-corrected chi connectivity index (χ3v) is 3.38. The van der Waals surface area contributed by atoms with Crippen LogP contribution in [0, 0.1) is 0 Å². The first kappa shape index (κ1) is 12.6. The highest BCUT2D eigenvalue weighted by molar-refractivity contribution is 9.10. The number of aryl methyl sites for hydroxylation is 1. The lowest BCUT2D eigenvalue weighted by Crippen LogP contribution is -2.38. The average molecular weight is 310 g/mol. The Morgan fingerprint density at radius 3 is 2.67 bits per heavy atom. The van der Waals surface area contributed by atoms with Crippen molar-refractivity contribution < 1.29 is 0 Å². The van der Waals surface area contributed by atoms with E-state index in [2.05, 4.69) is 15.9 Å². The van der Waals surface area contributed by atoms with E-state index in [1.54, 1.807) is 25.2 Å². The molecule has 2 aromatic rings. The molecule has 0 aliphatic heterocycles. The lowest BCUT2D eigenvalue weighted by atomic mass is 10.2. The Bertz CT molecular complexity index is 703. The van der Waals surface area contributed by atoms with Gasteiger partial charge in [-0.2, -0.15) is 0 Å². The van der Waals surface area contributed by atoms with Gasteiger partial charge < -0.3 is 10.3 Å². The van der Waals surface area contributed by atoms with E-state index in [0.717, 1.165) is 10.0 Å². The van der Waals surface area contributed by atoms with Gasteiger partial charge in [0.2, 0.25) is 0 Å². The van der Waals surface area contributed by atoms with Crippen LogP contribution >= 0.6 is 15.9 Å². The topological polar surface area (TPSA) is 70.0 Å². The van der Waals surface area contributed by atoms with Crippen molar-refractivity contribution in [3.8, 4) is 0 Å². The Hall–Kier alpha value is -1.82. The SMILES string of the molecule is Cn1ccc(=O)n(Cc2ccc(N)cc2Br)c1=O. The molecular weight excluding hydrogens is 298 g/mol. The van der Waals surface area contributed by atoms with Gasteiger partial charge in [0.25, 0.3) is 5.56 Å². The summed E-state index contributed by atoms with van der Waals surface area (Å²) < 4.78 is 3.32. The molecule has 0 unspecified atom stereocenters. The van der Waals surface area contributed by atoms with Gasteiger partial charge in [0.1, 0.15) is 0 Å². The van der Waals surface area contributed by atoms with Crippen molar-refractivity contribution in [2.75, 3.05) is 5.73 Å². The molecule has 0 aliphatic rings. The van der Waals surface area contributed by atoms with E-state index in [0.29, 0.717) is 5.69 Å². The van der Waals surface area contributed by atoms with E-state index in [9.17, 15) is 9.59 Å². The molecule has 94 valence electrons. The summed E-state index contributed by atoms with van der Waals surface area (Å²) in [7, 11) is 1.61. The minimum absolute atomic E-state index is 0.215. The molecule has 18 heavy (non-hydrogen) atoms. The van der Waals surface area contributed by atoms with E-state index < -0.39 is 0 Å². The standard InChI is InChI=1S/C12H12BrN3O2/c1-15-5-4-11(17)16(12(15)18)7-8-2-3-9(14)6-10(8)13/h2-6H,7,14H2,1H3. The summed E-state index contributed by atoms with van der Waals surface area (Å²) in [4.78, 5) is 23.5. The Kier molecular flexibility index (Phi) is 3.38. The monoisotopic (exact) mass is 309 g/mol. The molecule has 0 fully saturated rings. The largest absolute Gasteiger partial charge is 0.399 e. The summed E-state index contributed by atoms with van der Waals surface area (Å²) in [6.45, 7) is 0.215. The number of anilines is 1.